The van der Waals surface area contributed by atoms with E-state index in [1.165, 1.54) is 22.7 Å². The van der Waals surface area contributed by atoms with E-state index in [1.807, 2.05) is 0 Å². The van der Waals surface area contributed by atoms with E-state index < -0.39 is 0 Å². The summed E-state index contributed by atoms with van der Waals surface area (Å²) in [7, 11) is 3.47. The summed E-state index contributed by atoms with van der Waals surface area (Å²) < 4.78 is 0. The Morgan fingerprint density at radius 2 is 2.28 bits per heavy atom. The zero-order valence-electron chi connectivity index (χ0n) is 10.9. The van der Waals surface area contributed by atoms with Gasteiger partial charge in [-0.3, -0.25) is 0 Å². The summed E-state index contributed by atoms with van der Waals surface area (Å²) in [6, 6.07) is -0.0542. The molecule has 18 heavy (non-hydrogen) atoms. The van der Waals surface area contributed by atoms with E-state index in [0.29, 0.717) is 6.54 Å². The van der Waals surface area contributed by atoms with Gasteiger partial charge in [0, 0.05) is 45.0 Å². The van der Waals surface area contributed by atoms with Crippen LogP contribution < -0.4 is 10.6 Å². The molecule has 1 aromatic heterocycles. The standard InChI is InChI=1S/C12H20N4OS/c1-16(2)12(17)14-6-5-13-7-10-8-18-11(15-10)9-3-4-9/h8-9,13H,3-7H2,1-2H3,(H,14,17). The van der Waals surface area contributed by atoms with Gasteiger partial charge >= 0.3 is 6.03 Å². The molecule has 1 saturated carbocycles. The van der Waals surface area contributed by atoms with Crippen molar-refractivity contribution >= 4 is 17.4 Å². The molecule has 2 rings (SSSR count). The summed E-state index contributed by atoms with van der Waals surface area (Å²) in [6.07, 6.45) is 2.61. The number of rotatable bonds is 6. The van der Waals surface area contributed by atoms with Gasteiger partial charge in [0.05, 0.1) is 10.7 Å². The van der Waals surface area contributed by atoms with Crippen molar-refractivity contribution < 1.29 is 4.79 Å². The normalized spacial score (nSPS) is 14.6. The predicted molar refractivity (Wildman–Crippen MR) is 72.9 cm³/mol. The first-order valence-corrected chi connectivity index (χ1v) is 7.15. The second kappa shape index (κ2) is 6.15. The van der Waals surface area contributed by atoms with Crippen molar-refractivity contribution in [2.75, 3.05) is 27.2 Å². The Hall–Kier alpha value is -1.14. The first-order chi connectivity index (χ1) is 8.66. The third-order valence-electron chi connectivity index (χ3n) is 2.79. The Bertz CT molecular complexity index is 401. The fourth-order valence-corrected chi connectivity index (χ4v) is 2.54. The number of nitrogens with zero attached hydrogens (tertiary/aromatic N) is 2. The third-order valence-corrected chi connectivity index (χ3v) is 3.84. The van der Waals surface area contributed by atoms with Gasteiger partial charge in [-0.1, -0.05) is 0 Å². The highest BCUT2D eigenvalue weighted by atomic mass is 32.1. The van der Waals surface area contributed by atoms with Crippen molar-refractivity contribution in [3.63, 3.8) is 0 Å². The van der Waals surface area contributed by atoms with Crippen LogP contribution >= 0.6 is 11.3 Å². The van der Waals surface area contributed by atoms with Gasteiger partial charge < -0.3 is 15.5 Å². The number of hydrogen-bond donors (Lipinski definition) is 2. The zero-order chi connectivity index (χ0) is 13.0. The lowest BCUT2D eigenvalue weighted by atomic mass is 10.4. The predicted octanol–water partition coefficient (Wildman–Crippen LogP) is 1.38. The van der Waals surface area contributed by atoms with Crippen LogP contribution in [-0.2, 0) is 6.54 Å². The van der Waals surface area contributed by atoms with Crippen LogP contribution in [0.3, 0.4) is 0 Å². The SMILES string of the molecule is CN(C)C(=O)NCCNCc1csc(C2CC2)n1. The summed E-state index contributed by atoms with van der Waals surface area (Å²) in [6.45, 7) is 2.17. The first-order valence-electron chi connectivity index (χ1n) is 6.27. The molecule has 0 unspecified atom stereocenters. The molecule has 2 amide bonds. The van der Waals surface area contributed by atoms with E-state index in [0.717, 1.165) is 24.7 Å². The summed E-state index contributed by atoms with van der Waals surface area (Å²) in [5, 5.41) is 9.50. The Morgan fingerprint density at radius 3 is 2.94 bits per heavy atom. The highest BCUT2D eigenvalue weighted by Gasteiger charge is 2.26. The third kappa shape index (κ3) is 3.96. The van der Waals surface area contributed by atoms with Crippen molar-refractivity contribution in [2.24, 2.45) is 0 Å². The molecule has 5 nitrogen and oxygen atoms in total. The van der Waals surface area contributed by atoms with Crippen molar-refractivity contribution in [3.05, 3.63) is 16.1 Å². The molecule has 1 heterocycles. The largest absolute Gasteiger partial charge is 0.337 e. The lowest BCUT2D eigenvalue weighted by Crippen LogP contribution is -2.38. The van der Waals surface area contributed by atoms with Gasteiger partial charge in [0.1, 0.15) is 0 Å². The second-order valence-electron chi connectivity index (χ2n) is 4.75. The molecule has 1 aromatic rings. The number of thiazole rings is 1. The van der Waals surface area contributed by atoms with E-state index >= 15 is 0 Å². The fraction of sp³-hybridized carbons (Fsp3) is 0.667. The average molecular weight is 268 g/mol. The molecule has 0 saturated heterocycles. The maximum atomic E-state index is 11.2. The smallest absolute Gasteiger partial charge is 0.316 e. The highest BCUT2D eigenvalue weighted by Crippen LogP contribution is 2.41. The fourth-order valence-electron chi connectivity index (χ4n) is 1.55. The molecule has 0 radical (unpaired) electrons. The van der Waals surface area contributed by atoms with Crippen molar-refractivity contribution in [1.29, 1.82) is 0 Å². The van der Waals surface area contributed by atoms with Gasteiger partial charge in [0.25, 0.3) is 0 Å². The van der Waals surface area contributed by atoms with Gasteiger partial charge in [-0.2, -0.15) is 0 Å². The van der Waals surface area contributed by atoms with E-state index in [2.05, 4.69) is 21.0 Å². The maximum absolute atomic E-state index is 11.2. The molecular formula is C12H20N4OS. The second-order valence-corrected chi connectivity index (χ2v) is 5.64. The molecule has 0 aromatic carbocycles. The highest BCUT2D eigenvalue weighted by molar-refractivity contribution is 7.09. The zero-order valence-corrected chi connectivity index (χ0v) is 11.7. The Kier molecular flexibility index (Phi) is 4.54. The van der Waals surface area contributed by atoms with Crippen LogP contribution in [0, 0.1) is 0 Å². The molecule has 1 aliphatic carbocycles. The first kappa shape index (κ1) is 13.3. The van der Waals surface area contributed by atoms with Crippen LogP contribution in [0.4, 0.5) is 4.79 Å². The van der Waals surface area contributed by atoms with Gasteiger partial charge in [-0.05, 0) is 12.8 Å². The van der Waals surface area contributed by atoms with Crippen LogP contribution in [0.1, 0.15) is 29.5 Å². The van der Waals surface area contributed by atoms with E-state index in [4.69, 9.17) is 0 Å². The Morgan fingerprint density at radius 1 is 1.50 bits per heavy atom. The van der Waals surface area contributed by atoms with Gasteiger partial charge in [0.15, 0.2) is 0 Å². The molecule has 0 aliphatic heterocycles. The van der Waals surface area contributed by atoms with Gasteiger partial charge in [0.2, 0.25) is 0 Å². The number of urea groups is 1. The number of amides is 2. The van der Waals surface area contributed by atoms with Crippen molar-refractivity contribution in [3.8, 4) is 0 Å². The number of nitrogens with one attached hydrogen (secondary N) is 2. The van der Waals surface area contributed by atoms with Crippen molar-refractivity contribution in [1.82, 2.24) is 20.5 Å². The summed E-state index contributed by atoms with van der Waals surface area (Å²) in [4.78, 5) is 17.4. The molecule has 0 bridgehead atoms. The molecule has 1 aliphatic rings. The van der Waals surface area contributed by atoms with Gasteiger partial charge in [-0.15, -0.1) is 11.3 Å². The van der Waals surface area contributed by atoms with Crippen LogP contribution in [0.15, 0.2) is 5.38 Å². The van der Waals surface area contributed by atoms with Crippen molar-refractivity contribution in [2.45, 2.75) is 25.3 Å². The molecule has 1 fully saturated rings. The monoisotopic (exact) mass is 268 g/mol. The minimum atomic E-state index is -0.0542. The molecule has 100 valence electrons. The Balaban J connectivity index is 1.58. The van der Waals surface area contributed by atoms with E-state index in [-0.39, 0.29) is 6.03 Å². The maximum Gasteiger partial charge on any atom is 0.316 e. The Labute approximate surface area is 112 Å². The topological polar surface area (TPSA) is 57.3 Å². The van der Waals surface area contributed by atoms with E-state index in [1.54, 1.807) is 25.4 Å². The molecule has 2 N–H and O–H groups in total. The minimum absolute atomic E-state index is 0.0542. The summed E-state index contributed by atoms with van der Waals surface area (Å²) >= 11 is 1.77. The average Bonchev–Trinajstić information content (AvgIpc) is 3.09. The van der Waals surface area contributed by atoms with Crippen LogP contribution in [0.25, 0.3) is 0 Å². The number of carbonyl (C=O) groups excluding carboxylic acids is 1. The van der Waals surface area contributed by atoms with Crippen LogP contribution in [-0.4, -0.2) is 43.1 Å². The lowest BCUT2D eigenvalue weighted by molar-refractivity contribution is 0.217. The number of carbonyl (C=O) groups is 1. The lowest BCUT2D eigenvalue weighted by Gasteiger charge is -2.11. The van der Waals surface area contributed by atoms with Crippen LogP contribution in [0.2, 0.25) is 0 Å². The molecule has 0 atom stereocenters. The number of hydrogen-bond acceptors (Lipinski definition) is 4. The molecule has 0 spiro atoms. The molecular weight excluding hydrogens is 248 g/mol. The quantitative estimate of drug-likeness (QED) is 0.766. The van der Waals surface area contributed by atoms with Crippen LogP contribution in [0.5, 0.6) is 0 Å². The summed E-state index contributed by atoms with van der Waals surface area (Å²) in [5.41, 5.74) is 1.11. The minimum Gasteiger partial charge on any atom is -0.337 e. The number of aromatic nitrogens is 1. The summed E-state index contributed by atoms with van der Waals surface area (Å²) in [5.74, 6) is 0.739. The van der Waals surface area contributed by atoms with Gasteiger partial charge in [-0.25, -0.2) is 9.78 Å². The molecule has 6 heteroatoms. The van der Waals surface area contributed by atoms with E-state index in [9.17, 15) is 4.79 Å².